The van der Waals surface area contributed by atoms with E-state index in [-0.39, 0.29) is 43.4 Å². The van der Waals surface area contributed by atoms with E-state index in [1.54, 1.807) is 11.8 Å². The Kier molecular flexibility index (Phi) is 6.64. The van der Waals surface area contributed by atoms with Gasteiger partial charge in [-0.1, -0.05) is 62.4 Å². The minimum absolute atomic E-state index is 0.0281. The highest BCUT2D eigenvalue weighted by molar-refractivity contribution is 5.82. The Morgan fingerprint density at radius 2 is 1.71 bits per heavy atom. The van der Waals surface area contributed by atoms with E-state index >= 15 is 0 Å². The molecule has 2 aromatic carbocycles. The first-order chi connectivity index (χ1) is 16.2. The average Bonchev–Trinajstić information content (AvgIpc) is 3.32. The van der Waals surface area contributed by atoms with Crippen molar-refractivity contribution in [3.8, 4) is 11.1 Å². The van der Waals surface area contributed by atoms with E-state index in [9.17, 15) is 19.5 Å². The molecule has 3 unspecified atom stereocenters. The van der Waals surface area contributed by atoms with Gasteiger partial charge in [0.05, 0.1) is 5.41 Å². The second-order valence-corrected chi connectivity index (χ2v) is 9.68. The summed E-state index contributed by atoms with van der Waals surface area (Å²) in [6.45, 7) is 6.24. The first-order valence-electron chi connectivity index (χ1n) is 11.9. The molecular weight excluding hydrogens is 432 g/mol. The molecular formula is C27H32N2O5. The Morgan fingerprint density at radius 1 is 1.12 bits per heavy atom. The highest BCUT2D eigenvalue weighted by Crippen LogP contribution is 2.44. The zero-order valence-electron chi connectivity index (χ0n) is 19.9. The van der Waals surface area contributed by atoms with Crippen LogP contribution >= 0.6 is 0 Å². The molecule has 34 heavy (non-hydrogen) atoms. The van der Waals surface area contributed by atoms with Crippen LogP contribution in [0.3, 0.4) is 0 Å². The molecule has 0 saturated carbocycles. The van der Waals surface area contributed by atoms with Crippen LogP contribution in [0.5, 0.6) is 0 Å². The molecule has 0 aromatic heterocycles. The van der Waals surface area contributed by atoms with Gasteiger partial charge >= 0.3 is 12.1 Å². The molecule has 0 spiro atoms. The van der Waals surface area contributed by atoms with E-state index < -0.39 is 17.5 Å². The molecule has 1 aliphatic carbocycles. The van der Waals surface area contributed by atoms with Gasteiger partial charge < -0.3 is 20.1 Å². The molecule has 1 saturated heterocycles. The van der Waals surface area contributed by atoms with Gasteiger partial charge in [-0.15, -0.1) is 0 Å². The van der Waals surface area contributed by atoms with Crippen molar-refractivity contribution in [2.24, 2.45) is 11.3 Å². The molecule has 1 fully saturated rings. The molecule has 0 radical (unpaired) electrons. The third-order valence-electron chi connectivity index (χ3n) is 7.52. The van der Waals surface area contributed by atoms with E-state index in [1.165, 1.54) is 0 Å². The van der Waals surface area contributed by atoms with E-state index in [0.29, 0.717) is 13.0 Å². The van der Waals surface area contributed by atoms with Crippen LogP contribution in [-0.2, 0) is 14.3 Å². The SMILES string of the molecule is CCC(CC(=O)N1CC(C)C(C)(C(=O)O)C1)NC(=O)OCC1c2ccccc2-c2ccccc21. The molecule has 2 amide bonds. The molecule has 4 rings (SSSR count). The number of likely N-dealkylation sites (tertiary alicyclic amines) is 1. The van der Waals surface area contributed by atoms with Gasteiger partial charge in [0, 0.05) is 31.5 Å². The first-order valence-corrected chi connectivity index (χ1v) is 11.9. The Bertz CT molecular complexity index is 1050. The van der Waals surface area contributed by atoms with Crippen LogP contribution in [-0.4, -0.2) is 53.7 Å². The van der Waals surface area contributed by atoms with Crippen molar-refractivity contribution < 1.29 is 24.2 Å². The zero-order chi connectivity index (χ0) is 24.5. The summed E-state index contributed by atoms with van der Waals surface area (Å²) in [5.41, 5.74) is 3.67. The number of ether oxygens (including phenoxy) is 1. The fraction of sp³-hybridized carbons (Fsp3) is 0.444. The molecule has 2 aliphatic rings. The van der Waals surface area contributed by atoms with Gasteiger partial charge in [0.1, 0.15) is 6.61 Å². The Morgan fingerprint density at radius 3 is 2.24 bits per heavy atom. The van der Waals surface area contributed by atoms with Crippen molar-refractivity contribution in [3.05, 3.63) is 59.7 Å². The number of nitrogens with zero attached hydrogens (tertiary/aromatic N) is 1. The van der Waals surface area contributed by atoms with Crippen LogP contribution < -0.4 is 5.32 Å². The number of carbonyl (C=O) groups is 3. The fourth-order valence-corrected chi connectivity index (χ4v) is 5.06. The molecule has 0 bridgehead atoms. The lowest BCUT2D eigenvalue weighted by Gasteiger charge is -2.24. The van der Waals surface area contributed by atoms with Crippen LogP contribution in [0.2, 0.25) is 0 Å². The standard InChI is InChI=1S/C27H32N2O5/c1-4-18(13-24(30)29-14-17(2)27(3,16-29)25(31)32)28-26(33)34-15-23-21-11-7-5-9-19(21)20-10-6-8-12-22(20)23/h5-12,17-18,23H,4,13-16H2,1-3H3,(H,28,33)(H,31,32). The number of nitrogens with one attached hydrogen (secondary N) is 1. The number of hydrogen-bond donors (Lipinski definition) is 2. The lowest BCUT2D eigenvalue weighted by molar-refractivity contribution is -0.149. The Hall–Kier alpha value is -3.35. The van der Waals surface area contributed by atoms with E-state index in [4.69, 9.17) is 4.74 Å². The number of benzene rings is 2. The van der Waals surface area contributed by atoms with Crippen LogP contribution in [0.15, 0.2) is 48.5 Å². The lowest BCUT2D eigenvalue weighted by atomic mass is 9.81. The van der Waals surface area contributed by atoms with E-state index in [1.807, 2.05) is 38.1 Å². The zero-order valence-corrected chi connectivity index (χ0v) is 19.9. The van der Waals surface area contributed by atoms with E-state index in [2.05, 4.69) is 29.6 Å². The average molecular weight is 465 g/mol. The number of amides is 2. The topological polar surface area (TPSA) is 95.9 Å². The number of hydrogen-bond acceptors (Lipinski definition) is 4. The summed E-state index contributed by atoms with van der Waals surface area (Å²) in [5, 5.41) is 12.4. The van der Waals surface area contributed by atoms with Crippen molar-refractivity contribution in [3.63, 3.8) is 0 Å². The van der Waals surface area contributed by atoms with Gasteiger partial charge in [0.2, 0.25) is 5.91 Å². The molecule has 7 heteroatoms. The maximum atomic E-state index is 12.8. The predicted octanol–water partition coefficient (Wildman–Crippen LogP) is 4.26. The van der Waals surface area contributed by atoms with Crippen LogP contribution in [0.1, 0.15) is 50.7 Å². The minimum atomic E-state index is -0.947. The minimum Gasteiger partial charge on any atom is -0.481 e. The summed E-state index contributed by atoms with van der Waals surface area (Å²) in [6, 6.07) is 15.9. The number of aliphatic carboxylic acids is 1. The van der Waals surface area contributed by atoms with E-state index in [0.717, 1.165) is 22.3 Å². The molecule has 2 aromatic rings. The monoisotopic (exact) mass is 464 g/mol. The van der Waals surface area contributed by atoms with Gasteiger partial charge in [-0.2, -0.15) is 0 Å². The Labute approximate surface area is 200 Å². The van der Waals surface area contributed by atoms with Crippen LogP contribution in [0.4, 0.5) is 4.79 Å². The first kappa shape index (κ1) is 23.8. The maximum absolute atomic E-state index is 12.8. The highest BCUT2D eigenvalue weighted by Gasteiger charge is 2.47. The third kappa shape index (κ3) is 4.39. The third-order valence-corrected chi connectivity index (χ3v) is 7.52. The summed E-state index contributed by atoms with van der Waals surface area (Å²) < 4.78 is 5.61. The molecule has 1 aliphatic heterocycles. The number of fused-ring (bicyclic) bond motifs is 3. The normalized spacial score (nSPS) is 22.1. The summed E-state index contributed by atoms with van der Waals surface area (Å²) >= 11 is 0. The summed E-state index contributed by atoms with van der Waals surface area (Å²) in [6.07, 6.45) is 0.130. The lowest BCUT2D eigenvalue weighted by Crippen LogP contribution is -2.41. The Balaban J connectivity index is 1.34. The number of carboxylic acids is 1. The van der Waals surface area contributed by atoms with Gasteiger partial charge in [0.25, 0.3) is 0 Å². The molecule has 2 N–H and O–H groups in total. The molecule has 3 atom stereocenters. The van der Waals surface area contributed by atoms with Crippen molar-refractivity contribution in [2.45, 2.75) is 45.6 Å². The van der Waals surface area contributed by atoms with Crippen molar-refractivity contribution in [1.82, 2.24) is 10.2 Å². The quantitative estimate of drug-likeness (QED) is 0.638. The van der Waals surface area contributed by atoms with Gasteiger partial charge in [0.15, 0.2) is 0 Å². The van der Waals surface area contributed by atoms with Gasteiger partial charge in [-0.05, 0) is 41.5 Å². The molecule has 7 nitrogen and oxygen atoms in total. The van der Waals surface area contributed by atoms with Crippen LogP contribution in [0, 0.1) is 11.3 Å². The molecule has 180 valence electrons. The van der Waals surface area contributed by atoms with Crippen molar-refractivity contribution in [2.75, 3.05) is 19.7 Å². The number of rotatable bonds is 7. The largest absolute Gasteiger partial charge is 0.481 e. The highest BCUT2D eigenvalue weighted by atomic mass is 16.5. The van der Waals surface area contributed by atoms with Crippen molar-refractivity contribution >= 4 is 18.0 Å². The summed E-state index contributed by atoms with van der Waals surface area (Å²) in [7, 11) is 0. The smallest absolute Gasteiger partial charge is 0.407 e. The fourth-order valence-electron chi connectivity index (χ4n) is 5.06. The number of carbonyl (C=O) groups excluding carboxylic acids is 2. The second-order valence-electron chi connectivity index (χ2n) is 9.68. The number of alkyl carbamates (subject to hydrolysis) is 1. The van der Waals surface area contributed by atoms with Gasteiger partial charge in [-0.25, -0.2) is 4.79 Å². The van der Waals surface area contributed by atoms with Gasteiger partial charge in [-0.3, -0.25) is 9.59 Å². The summed E-state index contributed by atoms with van der Waals surface area (Å²) in [5.74, 6) is -1.20. The summed E-state index contributed by atoms with van der Waals surface area (Å²) in [4.78, 5) is 38.7. The molecule has 1 heterocycles. The maximum Gasteiger partial charge on any atom is 0.407 e. The number of carboxylic acid groups (broad SMARTS) is 1. The van der Waals surface area contributed by atoms with Crippen LogP contribution in [0.25, 0.3) is 11.1 Å². The predicted molar refractivity (Wildman–Crippen MR) is 128 cm³/mol. The second kappa shape index (κ2) is 9.49. The van der Waals surface area contributed by atoms with Crippen molar-refractivity contribution in [1.29, 1.82) is 0 Å².